The molecule has 1 aromatic carbocycles. The van der Waals surface area contributed by atoms with Crippen molar-refractivity contribution in [3.05, 3.63) is 52.8 Å². The quantitative estimate of drug-likeness (QED) is 0.448. The number of halogens is 1. The number of nitrogens with zero attached hydrogens (tertiary/aromatic N) is 2. The molecular formula is C22H23ClN2O3. The lowest BCUT2D eigenvalue weighted by atomic mass is 9.83. The van der Waals surface area contributed by atoms with Gasteiger partial charge in [-0.2, -0.15) is 0 Å². The van der Waals surface area contributed by atoms with E-state index < -0.39 is 0 Å². The van der Waals surface area contributed by atoms with Crippen molar-refractivity contribution in [2.24, 2.45) is 0 Å². The van der Waals surface area contributed by atoms with Crippen molar-refractivity contribution in [2.75, 3.05) is 26.3 Å². The number of ether oxygens (including phenoxy) is 1. The maximum Gasteiger partial charge on any atom is 0.265 e. The SMILES string of the molecule is CC(C)(C)c1ccc(C(=C=O)C(=O)N2CCOCC2)c(-c2ccnc(Cl)c2)c1. The minimum atomic E-state index is -0.330. The van der Waals surface area contributed by atoms with Crippen molar-refractivity contribution in [3.8, 4) is 11.1 Å². The fourth-order valence-corrected chi connectivity index (χ4v) is 3.35. The van der Waals surface area contributed by atoms with Gasteiger partial charge in [0, 0.05) is 24.8 Å². The van der Waals surface area contributed by atoms with Crippen LogP contribution in [0.3, 0.4) is 0 Å². The number of morpholine rings is 1. The molecule has 1 aliphatic rings. The average molecular weight is 399 g/mol. The summed E-state index contributed by atoms with van der Waals surface area (Å²) in [5.74, 6) is 1.55. The van der Waals surface area contributed by atoms with Crippen LogP contribution in [0, 0.1) is 0 Å². The fraction of sp³-hybridized carbons (Fsp3) is 0.364. The summed E-state index contributed by atoms with van der Waals surface area (Å²) in [6.45, 7) is 8.18. The van der Waals surface area contributed by atoms with Crippen LogP contribution in [0.15, 0.2) is 36.5 Å². The van der Waals surface area contributed by atoms with Crippen LogP contribution in [0.4, 0.5) is 0 Å². The molecule has 3 rings (SSSR count). The summed E-state index contributed by atoms with van der Waals surface area (Å²) in [4.78, 5) is 30.5. The van der Waals surface area contributed by atoms with E-state index in [-0.39, 0.29) is 16.9 Å². The van der Waals surface area contributed by atoms with Gasteiger partial charge in [0.05, 0.1) is 13.2 Å². The zero-order chi connectivity index (χ0) is 20.3. The molecule has 1 saturated heterocycles. The van der Waals surface area contributed by atoms with Gasteiger partial charge >= 0.3 is 0 Å². The first kappa shape index (κ1) is 20.3. The number of hydrogen-bond acceptors (Lipinski definition) is 4. The number of hydrogen-bond donors (Lipinski definition) is 0. The van der Waals surface area contributed by atoms with Gasteiger partial charge in [0.2, 0.25) is 0 Å². The Morgan fingerprint density at radius 2 is 1.89 bits per heavy atom. The smallest absolute Gasteiger partial charge is 0.265 e. The van der Waals surface area contributed by atoms with E-state index in [9.17, 15) is 9.59 Å². The van der Waals surface area contributed by atoms with Gasteiger partial charge in [-0.25, -0.2) is 9.78 Å². The van der Waals surface area contributed by atoms with E-state index in [1.165, 1.54) is 0 Å². The van der Waals surface area contributed by atoms with Gasteiger partial charge < -0.3 is 9.64 Å². The monoisotopic (exact) mass is 398 g/mol. The molecule has 1 fully saturated rings. The van der Waals surface area contributed by atoms with Crippen molar-refractivity contribution < 1.29 is 14.3 Å². The Balaban J connectivity index is 2.13. The standard InChI is InChI=1S/C22H23ClN2O3/c1-22(2,3)16-4-5-17(18(13-16)15-6-7-24-20(23)12-15)19(14-26)21(27)25-8-10-28-11-9-25/h4-7,12-13H,8-11H2,1-3H3. The molecule has 1 amide bonds. The molecule has 0 spiro atoms. The summed E-state index contributed by atoms with van der Waals surface area (Å²) in [5, 5.41) is 0.348. The number of aromatic nitrogens is 1. The summed E-state index contributed by atoms with van der Waals surface area (Å²) < 4.78 is 5.31. The Morgan fingerprint density at radius 1 is 1.18 bits per heavy atom. The second kappa shape index (κ2) is 8.27. The minimum Gasteiger partial charge on any atom is -0.378 e. The van der Waals surface area contributed by atoms with E-state index in [2.05, 4.69) is 25.8 Å². The molecule has 2 aromatic rings. The number of benzene rings is 1. The van der Waals surface area contributed by atoms with Crippen LogP contribution in [0.5, 0.6) is 0 Å². The predicted molar refractivity (Wildman–Crippen MR) is 110 cm³/mol. The first-order valence-corrected chi connectivity index (χ1v) is 9.58. The zero-order valence-electron chi connectivity index (χ0n) is 16.3. The van der Waals surface area contributed by atoms with Crippen LogP contribution in [-0.4, -0.2) is 48.0 Å². The number of amides is 1. The van der Waals surface area contributed by atoms with Gasteiger partial charge in [-0.05, 0) is 40.3 Å². The highest BCUT2D eigenvalue weighted by Crippen LogP contribution is 2.34. The predicted octanol–water partition coefficient (Wildman–Crippen LogP) is 3.77. The normalized spacial score (nSPS) is 14.5. The fourth-order valence-electron chi connectivity index (χ4n) is 3.18. The van der Waals surface area contributed by atoms with E-state index >= 15 is 0 Å². The van der Waals surface area contributed by atoms with Crippen molar-refractivity contribution in [1.29, 1.82) is 0 Å². The van der Waals surface area contributed by atoms with E-state index in [4.69, 9.17) is 16.3 Å². The Bertz CT molecular complexity index is 937. The Hall–Kier alpha value is -2.46. The second-order valence-electron chi connectivity index (χ2n) is 7.76. The van der Waals surface area contributed by atoms with Gasteiger partial charge in [0.1, 0.15) is 16.7 Å². The molecule has 1 aromatic heterocycles. The molecule has 0 saturated carbocycles. The first-order chi connectivity index (χ1) is 13.3. The van der Waals surface area contributed by atoms with Crippen molar-refractivity contribution in [3.63, 3.8) is 0 Å². The van der Waals surface area contributed by atoms with Crippen LogP contribution >= 0.6 is 11.6 Å². The molecule has 0 aliphatic carbocycles. The molecule has 5 nitrogen and oxygen atoms in total. The van der Waals surface area contributed by atoms with Crippen LogP contribution in [0.25, 0.3) is 16.7 Å². The molecule has 0 radical (unpaired) electrons. The van der Waals surface area contributed by atoms with Crippen molar-refractivity contribution >= 4 is 29.0 Å². The number of carbonyl (C=O) groups excluding carboxylic acids is 2. The Kier molecular flexibility index (Phi) is 5.99. The lowest BCUT2D eigenvalue weighted by Gasteiger charge is -2.27. The van der Waals surface area contributed by atoms with E-state index in [0.29, 0.717) is 37.0 Å². The summed E-state index contributed by atoms with van der Waals surface area (Å²) in [6, 6.07) is 9.33. The highest BCUT2D eigenvalue weighted by atomic mass is 35.5. The van der Waals surface area contributed by atoms with Crippen LogP contribution in [0.1, 0.15) is 31.9 Å². The van der Waals surface area contributed by atoms with Crippen molar-refractivity contribution in [1.82, 2.24) is 9.88 Å². The van der Waals surface area contributed by atoms with Crippen LogP contribution < -0.4 is 0 Å². The van der Waals surface area contributed by atoms with E-state index in [1.54, 1.807) is 17.2 Å². The van der Waals surface area contributed by atoms with Gasteiger partial charge in [-0.3, -0.25) is 4.79 Å². The third kappa shape index (κ3) is 4.33. The summed E-state index contributed by atoms with van der Waals surface area (Å²) in [7, 11) is 0. The second-order valence-corrected chi connectivity index (χ2v) is 8.15. The first-order valence-electron chi connectivity index (χ1n) is 9.20. The molecule has 28 heavy (non-hydrogen) atoms. The third-order valence-electron chi connectivity index (χ3n) is 4.81. The number of rotatable bonds is 3. The van der Waals surface area contributed by atoms with Crippen LogP contribution in [-0.2, 0) is 19.7 Å². The molecule has 0 N–H and O–H groups in total. The Morgan fingerprint density at radius 3 is 2.50 bits per heavy atom. The summed E-state index contributed by atoms with van der Waals surface area (Å²) in [6.07, 6.45) is 1.61. The lowest BCUT2D eigenvalue weighted by molar-refractivity contribution is -0.128. The molecular weight excluding hydrogens is 376 g/mol. The zero-order valence-corrected chi connectivity index (χ0v) is 17.0. The largest absolute Gasteiger partial charge is 0.378 e. The highest BCUT2D eigenvalue weighted by molar-refractivity contribution is 6.30. The molecule has 1 aliphatic heterocycles. The van der Waals surface area contributed by atoms with Gasteiger partial charge in [0.25, 0.3) is 5.91 Å². The van der Waals surface area contributed by atoms with Gasteiger partial charge in [0.15, 0.2) is 0 Å². The number of carbonyl (C=O) groups is 1. The maximum atomic E-state index is 13.0. The minimum absolute atomic E-state index is 0.0188. The maximum absolute atomic E-state index is 13.0. The van der Waals surface area contributed by atoms with Crippen molar-refractivity contribution in [2.45, 2.75) is 26.2 Å². The molecule has 6 heteroatoms. The van der Waals surface area contributed by atoms with Gasteiger partial charge in [-0.15, -0.1) is 0 Å². The molecule has 0 unspecified atom stereocenters. The third-order valence-corrected chi connectivity index (χ3v) is 5.01. The molecule has 2 heterocycles. The highest BCUT2D eigenvalue weighted by Gasteiger charge is 2.26. The summed E-state index contributed by atoms with van der Waals surface area (Å²) >= 11 is 6.09. The molecule has 0 bridgehead atoms. The Labute approximate surface area is 170 Å². The molecule has 0 atom stereocenters. The number of pyridine rings is 1. The lowest BCUT2D eigenvalue weighted by Crippen LogP contribution is -2.41. The van der Waals surface area contributed by atoms with Crippen LogP contribution in [0.2, 0.25) is 5.15 Å². The topological polar surface area (TPSA) is 59.5 Å². The molecule has 146 valence electrons. The average Bonchev–Trinajstić information content (AvgIpc) is 2.68. The van der Waals surface area contributed by atoms with E-state index in [0.717, 1.165) is 16.7 Å². The van der Waals surface area contributed by atoms with Gasteiger partial charge in [-0.1, -0.05) is 44.5 Å². The summed E-state index contributed by atoms with van der Waals surface area (Å²) in [5.41, 5.74) is 3.11. The van der Waals surface area contributed by atoms with E-state index in [1.807, 2.05) is 30.2 Å².